The van der Waals surface area contributed by atoms with Crippen molar-refractivity contribution in [3.8, 4) is 11.8 Å². The van der Waals surface area contributed by atoms with Crippen LogP contribution in [0.2, 0.25) is 0 Å². The van der Waals surface area contributed by atoms with Crippen LogP contribution in [-0.4, -0.2) is 29.8 Å². The van der Waals surface area contributed by atoms with E-state index in [1.165, 1.54) is 12.1 Å². The van der Waals surface area contributed by atoms with Gasteiger partial charge in [0.05, 0.1) is 24.3 Å². The molecule has 1 unspecified atom stereocenters. The molecule has 4 nitrogen and oxygen atoms in total. The third-order valence-corrected chi connectivity index (χ3v) is 3.33. The minimum atomic E-state index is -4.41. The molecule has 2 amide bonds. The lowest BCUT2D eigenvalue weighted by atomic mass is 9.98. The molecular formula is C17H21F3N2O2. The first-order valence-corrected chi connectivity index (χ1v) is 7.53. The molecule has 24 heavy (non-hydrogen) atoms. The van der Waals surface area contributed by atoms with Gasteiger partial charge in [0, 0.05) is 5.56 Å². The molecule has 0 bridgehead atoms. The molecule has 1 rings (SSSR count). The van der Waals surface area contributed by atoms with Crippen molar-refractivity contribution in [3.05, 3.63) is 35.4 Å². The topological polar surface area (TPSA) is 61.4 Å². The van der Waals surface area contributed by atoms with Crippen molar-refractivity contribution >= 4 is 6.03 Å². The number of halogens is 3. The van der Waals surface area contributed by atoms with E-state index in [2.05, 4.69) is 22.5 Å². The highest BCUT2D eigenvalue weighted by Gasteiger charge is 2.30. The summed E-state index contributed by atoms with van der Waals surface area (Å²) in [5.74, 6) is 5.17. The fourth-order valence-electron chi connectivity index (χ4n) is 2.10. The van der Waals surface area contributed by atoms with E-state index in [4.69, 9.17) is 0 Å². The van der Waals surface area contributed by atoms with E-state index in [0.717, 1.165) is 18.6 Å². The van der Waals surface area contributed by atoms with Gasteiger partial charge in [0.15, 0.2) is 0 Å². The Kier molecular flexibility index (Phi) is 7.11. The van der Waals surface area contributed by atoms with Crippen molar-refractivity contribution in [2.45, 2.75) is 38.4 Å². The van der Waals surface area contributed by atoms with Gasteiger partial charge in [-0.3, -0.25) is 0 Å². The Morgan fingerprint density at radius 1 is 1.33 bits per heavy atom. The monoisotopic (exact) mass is 342 g/mol. The maximum atomic E-state index is 12.6. The summed E-state index contributed by atoms with van der Waals surface area (Å²) in [7, 11) is 0. The Morgan fingerprint density at radius 3 is 2.62 bits per heavy atom. The molecule has 0 spiro atoms. The Bertz CT molecular complexity index is 620. The van der Waals surface area contributed by atoms with Gasteiger partial charge in [0.2, 0.25) is 0 Å². The lowest BCUT2D eigenvalue weighted by molar-refractivity contribution is -0.137. The summed E-state index contributed by atoms with van der Waals surface area (Å²) >= 11 is 0. The number of carbonyl (C=O) groups is 1. The largest absolute Gasteiger partial charge is 0.416 e. The summed E-state index contributed by atoms with van der Waals surface area (Å²) in [5.41, 5.74) is -1.26. The Hall–Kier alpha value is -2.20. The zero-order valence-electron chi connectivity index (χ0n) is 13.6. The molecule has 0 aliphatic heterocycles. The maximum Gasteiger partial charge on any atom is 0.416 e. The van der Waals surface area contributed by atoms with E-state index in [1.807, 2.05) is 6.92 Å². The Balaban J connectivity index is 2.57. The normalized spacial score (nSPS) is 13.4. The average Bonchev–Trinajstić information content (AvgIpc) is 2.51. The van der Waals surface area contributed by atoms with E-state index in [0.29, 0.717) is 6.42 Å². The van der Waals surface area contributed by atoms with Crippen molar-refractivity contribution in [3.63, 3.8) is 0 Å². The minimum absolute atomic E-state index is 0.0181. The molecule has 0 aromatic heterocycles. The predicted octanol–water partition coefficient (Wildman–Crippen LogP) is 2.91. The van der Waals surface area contributed by atoms with Crippen LogP contribution in [-0.2, 0) is 6.18 Å². The highest BCUT2D eigenvalue weighted by molar-refractivity contribution is 5.75. The molecule has 0 aliphatic rings. The number of rotatable bonds is 5. The summed E-state index contributed by atoms with van der Waals surface area (Å²) < 4.78 is 37.7. The molecule has 0 radical (unpaired) electrons. The third kappa shape index (κ3) is 6.50. The summed E-state index contributed by atoms with van der Waals surface area (Å²) in [6.07, 6.45) is -3.00. The van der Waals surface area contributed by atoms with Crippen LogP contribution in [0.4, 0.5) is 18.0 Å². The Morgan fingerprint density at radius 2 is 2.04 bits per heavy atom. The lowest BCUT2D eigenvalue weighted by Crippen LogP contribution is -2.52. The van der Waals surface area contributed by atoms with Crippen molar-refractivity contribution in [2.24, 2.45) is 0 Å². The number of alkyl halides is 3. The quantitative estimate of drug-likeness (QED) is 0.721. The lowest BCUT2D eigenvalue weighted by Gasteiger charge is -2.28. The van der Waals surface area contributed by atoms with Crippen LogP contribution in [0.5, 0.6) is 0 Å². The number of hydrogen-bond donors (Lipinski definition) is 3. The maximum absolute atomic E-state index is 12.6. The molecule has 1 aromatic rings. The second kappa shape index (κ2) is 8.60. The number of carbonyl (C=O) groups excluding carboxylic acids is 1. The average molecular weight is 342 g/mol. The zero-order valence-corrected chi connectivity index (χ0v) is 13.6. The zero-order chi connectivity index (χ0) is 18.2. The third-order valence-electron chi connectivity index (χ3n) is 3.33. The molecule has 7 heteroatoms. The van der Waals surface area contributed by atoms with Gasteiger partial charge in [-0.25, -0.2) is 4.79 Å². The number of hydrogen-bond acceptors (Lipinski definition) is 2. The van der Waals surface area contributed by atoms with Gasteiger partial charge in [-0.05, 0) is 31.5 Å². The van der Waals surface area contributed by atoms with Crippen LogP contribution in [0.25, 0.3) is 0 Å². The molecule has 1 aromatic carbocycles. The van der Waals surface area contributed by atoms with Gasteiger partial charge < -0.3 is 15.7 Å². The molecule has 0 saturated heterocycles. The number of amides is 2. The highest BCUT2D eigenvalue weighted by atomic mass is 19.4. The van der Waals surface area contributed by atoms with Crippen molar-refractivity contribution in [1.29, 1.82) is 0 Å². The van der Waals surface area contributed by atoms with Gasteiger partial charge in [-0.2, -0.15) is 13.2 Å². The highest BCUT2D eigenvalue weighted by Crippen LogP contribution is 2.29. The molecule has 0 fully saturated rings. The molecular weight excluding hydrogens is 321 g/mol. The van der Waals surface area contributed by atoms with Gasteiger partial charge in [0.1, 0.15) is 0 Å². The molecule has 0 saturated carbocycles. The van der Waals surface area contributed by atoms with E-state index in [-0.39, 0.29) is 18.7 Å². The van der Waals surface area contributed by atoms with Crippen molar-refractivity contribution < 1.29 is 23.1 Å². The first-order valence-electron chi connectivity index (χ1n) is 7.53. The van der Waals surface area contributed by atoms with Crippen LogP contribution in [0.15, 0.2) is 24.3 Å². The second-order valence-corrected chi connectivity index (χ2v) is 5.66. The van der Waals surface area contributed by atoms with Gasteiger partial charge in [0.25, 0.3) is 0 Å². The molecule has 132 valence electrons. The number of nitrogens with one attached hydrogen (secondary N) is 2. The SMILES string of the molecule is CCCC(C)(CO)NC(=O)NCC#Cc1cccc(C(F)(F)F)c1. The van der Waals surface area contributed by atoms with Gasteiger partial charge in [-0.15, -0.1) is 0 Å². The number of benzene rings is 1. The molecule has 1 atom stereocenters. The van der Waals surface area contributed by atoms with Crippen LogP contribution in [0.3, 0.4) is 0 Å². The summed E-state index contributed by atoms with van der Waals surface area (Å²) in [4.78, 5) is 11.7. The first kappa shape index (κ1) is 19.8. The molecule has 3 N–H and O–H groups in total. The summed E-state index contributed by atoms with van der Waals surface area (Å²) in [5, 5.41) is 14.5. The van der Waals surface area contributed by atoms with E-state index in [1.54, 1.807) is 6.92 Å². The number of aliphatic hydroxyl groups is 1. The van der Waals surface area contributed by atoms with Crippen LogP contribution in [0.1, 0.15) is 37.8 Å². The van der Waals surface area contributed by atoms with Gasteiger partial charge >= 0.3 is 12.2 Å². The molecule has 0 heterocycles. The number of urea groups is 1. The smallest absolute Gasteiger partial charge is 0.394 e. The van der Waals surface area contributed by atoms with Crippen molar-refractivity contribution in [1.82, 2.24) is 10.6 Å². The second-order valence-electron chi connectivity index (χ2n) is 5.66. The fourth-order valence-corrected chi connectivity index (χ4v) is 2.10. The van der Waals surface area contributed by atoms with E-state index < -0.39 is 23.3 Å². The number of aliphatic hydroxyl groups excluding tert-OH is 1. The van der Waals surface area contributed by atoms with E-state index >= 15 is 0 Å². The first-order chi connectivity index (χ1) is 11.2. The standard InChI is InChI=1S/C17H21F3N2O2/c1-3-9-16(2,12-23)22-15(24)21-10-5-7-13-6-4-8-14(11-13)17(18,19)20/h4,6,8,11,23H,3,9-10,12H2,1-2H3,(H2,21,22,24). The molecule has 0 aliphatic carbocycles. The van der Waals surface area contributed by atoms with Crippen LogP contribution in [0, 0.1) is 11.8 Å². The summed E-state index contributed by atoms with van der Waals surface area (Å²) in [6.45, 7) is 3.46. The fraction of sp³-hybridized carbons (Fsp3) is 0.471. The van der Waals surface area contributed by atoms with Crippen molar-refractivity contribution in [2.75, 3.05) is 13.2 Å². The Labute approximate surface area is 139 Å². The van der Waals surface area contributed by atoms with Gasteiger partial charge in [-0.1, -0.05) is 31.3 Å². The minimum Gasteiger partial charge on any atom is -0.394 e. The summed E-state index contributed by atoms with van der Waals surface area (Å²) in [6, 6.07) is 4.19. The van der Waals surface area contributed by atoms with Crippen LogP contribution >= 0.6 is 0 Å². The van der Waals surface area contributed by atoms with Crippen LogP contribution < -0.4 is 10.6 Å². The van der Waals surface area contributed by atoms with E-state index in [9.17, 15) is 23.1 Å². The predicted molar refractivity (Wildman–Crippen MR) is 85.3 cm³/mol.